The van der Waals surface area contributed by atoms with Gasteiger partial charge in [0.25, 0.3) is 0 Å². The van der Waals surface area contributed by atoms with Crippen molar-refractivity contribution in [3.05, 3.63) is 103 Å². The Kier molecular flexibility index (Phi) is 5.39. The normalized spacial score (nSPS) is 11.9. The van der Waals surface area contributed by atoms with Gasteiger partial charge in [0.05, 0.1) is 19.6 Å². The minimum atomic E-state index is -4.02. The molecule has 7 heteroatoms. The average molecular weight is 451 g/mol. The summed E-state index contributed by atoms with van der Waals surface area (Å²) in [6, 6.07) is 25.9. The Morgan fingerprint density at radius 2 is 1.03 bits per heavy atom. The summed E-state index contributed by atoms with van der Waals surface area (Å²) >= 11 is 0. The lowest BCUT2D eigenvalue weighted by Crippen LogP contribution is -2.08. The van der Waals surface area contributed by atoms with Gasteiger partial charge < -0.3 is 5.11 Å². The molecule has 0 fully saturated rings. The van der Waals surface area contributed by atoms with Crippen LogP contribution in [0.15, 0.2) is 123 Å². The van der Waals surface area contributed by atoms with Crippen LogP contribution in [0.2, 0.25) is 0 Å². The fourth-order valence-electron chi connectivity index (χ4n) is 3.23. The summed E-state index contributed by atoms with van der Waals surface area (Å²) in [7, 11) is -7.93. The van der Waals surface area contributed by atoms with Crippen LogP contribution in [0.3, 0.4) is 0 Å². The topological polar surface area (TPSA) is 88.5 Å². The van der Waals surface area contributed by atoms with Crippen LogP contribution in [0.4, 0.5) is 0 Å². The van der Waals surface area contributed by atoms with Gasteiger partial charge in [-0.2, -0.15) is 0 Å². The molecule has 0 bridgehead atoms. The van der Waals surface area contributed by atoms with Crippen molar-refractivity contribution in [2.24, 2.45) is 0 Å². The lowest BCUT2D eigenvalue weighted by Gasteiger charge is -2.14. The molecule has 31 heavy (non-hydrogen) atoms. The monoisotopic (exact) mass is 450 g/mol. The van der Waals surface area contributed by atoms with Crippen molar-refractivity contribution in [3.8, 4) is 16.9 Å². The molecule has 0 saturated heterocycles. The minimum Gasteiger partial charge on any atom is -0.508 e. The summed E-state index contributed by atoms with van der Waals surface area (Å²) in [5.74, 6) is 0.0412. The van der Waals surface area contributed by atoms with Crippen LogP contribution >= 0.6 is 0 Å². The Balaban J connectivity index is 1.97. The van der Waals surface area contributed by atoms with Crippen LogP contribution in [-0.4, -0.2) is 21.9 Å². The number of phenolic OH excluding ortho intramolecular Hbond substituents is 1. The van der Waals surface area contributed by atoms with Gasteiger partial charge in [0, 0.05) is 5.56 Å². The standard InChI is InChI=1S/C24H18O5S2/c25-19-13-11-18(12-14-19)23-16-15-22(30(26,27)20-7-3-1-4-8-20)17-24(23)31(28,29)21-9-5-2-6-10-21/h1-17,25H. The molecule has 0 aromatic heterocycles. The highest BCUT2D eigenvalue weighted by atomic mass is 32.2. The first-order chi connectivity index (χ1) is 14.8. The van der Waals surface area contributed by atoms with E-state index in [-0.39, 0.29) is 25.3 Å². The first-order valence-electron chi connectivity index (χ1n) is 9.34. The zero-order valence-electron chi connectivity index (χ0n) is 16.2. The summed E-state index contributed by atoms with van der Waals surface area (Å²) < 4.78 is 53.2. The van der Waals surface area contributed by atoms with E-state index in [0.717, 1.165) is 0 Å². The number of rotatable bonds is 5. The second-order valence-corrected chi connectivity index (χ2v) is 10.7. The second-order valence-electron chi connectivity index (χ2n) is 6.84. The Morgan fingerprint density at radius 3 is 1.58 bits per heavy atom. The highest BCUT2D eigenvalue weighted by molar-refractivity contribution is 7.92. The molecule has 156 valence electrons. The van der Waals surface area contributed by atoms with E-state index in [0.29, 0.717) is 11.1 Å². The summed E-state index contributed by atoms with van der Waals surface area (Å²) in [6.45, 7) is 0. The molecular weight excluding hydrogens is 432 g/mol. The Bertz CT molecular complexity index is 1430. The molecule has 4 aromatic rings. The molecule has 0 atom stereocenters. The maximum Gasteiger partial charge on any atom is 0.207 e. The van der Waals surface area contributed by atoms with Crippen molar-refractivity contribution >= 4 is 19.7 Å². The van der Waals surface area contributed by atoms with Gasteiger partial charge in [0.15, 0.2) is 0 Å². The van der Waals surface area contributed by atoms with Crippen molar-refractivity contribution < 1.29 is 21.9 Å². The molecule has 0 aliphatic heterocycles. The van der Waals surface area contributed by atoms with E-state index >= 15 is 0 Å². The lowest BCUT2D eigenvalue weighted by molar-refractivity contribution is 0.475. The van der Waals surface area contributed by atoms with Crippen LogP contribution in [0.25, 0.3) is 11.1 Å². The average Bonchev–Trinajstić information content (AvgIpc) is 2.80. The van der Waals surface area contributed by atoms with E-state index < -0.39 is 19.7 Å². The molecular formula is C24H18O5S2. The quantitative estimate of drug-likeness (QED) is 0.475. The Labute approximate surface area is 181 Å². The molecule has 0 unspecified atom stereocenters. The number of hydrogen-bond donors (Lipinski definition) is 1. The highest BCUT2D eigenvalue weighted by Crippen LogP contribution is 2.35. The van der Waals surface area contributed by atoms with Crippen LogP contribution < -0.4 is 0 Å². The fourth-order valence-corrected chi connectivity index (χ4v) is 6.14. The van der Waals surface area contributed by atoms with Gasteiger partial charge in [-0.15, -0.1) is 0 Å². The molecule has 1 N–H and O–H groups in total. The van der Waals surface area contributed by atoms with Crippen LogP contribution in [0, 0.1) is 0 Å². The third-order valence-electron chi connectivity index (χ3n) is 4.84. The third-order valence-corrected chi connectivity index (χ3v) is 8.42. The van der Waals surface area contributed by atoms with Gasteiger partial charge in [-0.3, -0.25) is 0 Å². The van der Waals surface area contributed by atoms with Gasteiger partial charge in [0.2, 0.25) is 19.7 Å². The summed E-state index contributed by atoms with van der Waals surface area (Å²) in [4.78, 5) is -0.100. The van der Waals surface area contributed by atoms with Crippen molar-refractivity contribution in [2.45, 2.75) is 19.6 Å². The van der Waals surface area contributed by atoms with Gasteiger partial charge in [-0.25, -0.2) is 16.8 Å². The molecule has 0 amide bonds. The minimum absolute atomic E-state index is 0.0412. The number of aromatic hydroxyl groups is 1. The van der Waals surface area contributed by atoms with Crippen molar-refractivity contribution in [3.63, 3.8) is 0 Å². The van der Waals surface area contributed by atoms with Crippen LogP contribution in [0.5, 0.6) is 5.75 Å². The maximum atomic E-state index is 13.5. The fraction of sp³-hybridized carbons (Fsp3) is 0. The van der Waals surface area contributed by atoms with Crippen molar-refractivity contribution in [1.82, 2.24) is 0 Å². The molecule has 0 heterocycles. The number of sulfone groups is 2. The van der Waals surface area contributed by atoms with E-state index in [1.165, 1.54) is 54.6 Å². The first kappa shape index (κ1) is 20.8. The summed E-state index contributed by atoms with van der Waals surface area (Å²) in [5.41, 5.74) is 0.881. The molecule has 4 rings (SSSR count). The molecule has 5 nitrogen and oxygen atoms in total. The predicted molar refractivity (Wildman–Crippen MR) is 117 cm³/mol. The lowest BCUT2D eigenvalue weighted by atomic mass is 10.1. The number of hydrogen-bond acceptors (Lipinski definition) is 5. The smallest absolute Gasteiger partial charge is 0.207 e. The van der Waals surface area contributed by atoms with Crippen molar-refractivity contribution in [2.75, 3.05) is 0 Å². The maximum absolute atomic E-state index is 13.5. The van der Waals surface area contributed by atoms with Gasteiger partial charge in [-0.05, 0) is 54.1 Å². The SMILES string of the molecule is O=S(=O)(c1ccccc1)c1ccc(-c2ccc(O)cc2)c(S(=O)(=O)c2ccccc2)c1. The van der Waals surface area contributed by atoms with Crippen LogP contribution in [0.1, 0.15) is 0 Å². The Morgan fingerprint density at radius 1 is 0.516 bits per heavy atom. The van der Waals surface area contributed by atoms with E-state index in [9.17, 15) is 21.9 Å². The highest BCUT2D eigenvalue weighted by Gasteiger charge is 2.26. The van der Waals surface area contributed by atoms with E-state index in [1.54, 1.807) is 48.5 Å². The largest absolute Gasteiger partial charge is 0.508 e. The number of phenols is 1. The Hall–Kier alpha value is -3.42. The van der Waals surface area contributed by atoms with E-state index in [4.69, 9.17) is 0 Å². The first-order valence-corrected chi connectivity index (χ1v) is 12.3. The van der Waals surface area contributed by atoms with E-state index in [2.05, 4.69) is 0 Å². The molecule has 0 radical (unpaired) electrons. The van der Waals surface area contributed by atoms with Gasteiger partial charge >= 0.3 is 0 Å². The summed E-state index contributed by atoms with van der Waals surface area (Å²) in [6.07, 6.45) is 0. The van der Waals surface area contributed by atoms with Gasteiger partial charge in [-0.1, -0.05) is 54.6 Å². The predicted octanol–water partition coefficient (Wildman–Crippen LogP) is 4.72. The van der Waals surface area contributed by atoms with Gasteiger partial charge in [0.1, 0.15) is 5.75 Å². The van der Waals surface area contributed by atoms with Crippen LogP contribution in [-0.2, 0) is 19.7 Å². The number of benzene rings is 4. The molecule has 0 saturated carbocycles. The molecule has 0 aliphatic rings. The summed E-state index contributed by atoms with van der Waals surface area (Å²) in [5, 5.41) is 9.59. The zero-order valence-corrected chi connectivity index (χ0v) is 17.8. The second kappa shape index (κ2) is 8.02. The third kappa shape index (κ3) is 3.97. The van der Waals surface area contributed by atoms with Crippen molar-refractivity contribution in [1.29, 1.82) is 0 Å². The molecule has 0 spiro atoms. The van der Waals surface area contributed by atoms with E-state index in [1.807, 2.05) is 0 Å². The molecule has 4 aromatic carbocycles. The zero-order chi connectivity index (χ0) is 22.1. The molecule has 0 aliphatic carbocycles.